The average Bonchev–Trinajstić information content (AvgIpc) is 3.29. The van der Waals surface area contributed by atoms with Crippen LogP contribution in [0.3, 0.4) is 0 Å². The lowest BCUT2D eigenvalue weighted by Crippen LogP contribution is -2.62. The molecule has 3 heterocycles. The fourth-order valence-corrected chi connectivity index (χ4v) is 4.64. The maximum Gasteiger partial charge on any atom is 0.227 e. The minimum Gasteiger partial charge on any atom is -0.497 e. The lowest BCUT2D eigenvalue weighted by atomic mass is 9.71. The summed E-state index contributed by atoms with van der Waals surface area (Å²) in [5.41, 5.74) is 0.674. The third-order valence-corrected chi connectivity index (χ3v) is 6.28. The van der Waals surface area contributed by atoms with E-state index < -0.39 is 0 Å². The number of carbonyl (C=O) groups is 2. The van der Waals surface area contributed by atoms with Crippen molar-refractivity contribution in [3.05, 3.63) is 35.9 Å². The first kappa shape index (κ1) is 20.2. The second-order valence-electron chi connectivity index (χ2n) is 8.26. The van der Waals surface area contributed by atoms with E-state index in [-0.39, 0.29) is 29.6 Å². The molecule has 0 aliphatic carbocycles. The van der Waals surface area contributed by atoms with Gasteiger partial charge in [-0.2, -0.15) is 0 Å². The lowest BCUT2D eigenvalue weighted by molar-refractivity contribution is -0.143. The molecule has 9 heteroatoms. The van der Waals surface area contributed by atoms with Crippen LogP contribution in [-0.2, 0) is 23.1 Å². The van der Waals surface area contributed by atoms with Crippen LogP contribution in [-0.4, -0.2) is 76.8 Å². The predicted octanol–water partition coefficient (Wildman–Crippen LogP) is 0.849. The van der Waals surface area contributed by atoms with Crippen molar-refractivity contribution >= 4 is 11.8 Å². The summed E-state index contributed by atoms with van der Waals surface area (Å²) < 4.78 is 12.5. The van der Waals surface area contributed by atoms with Gasteiger partial charge in [-0.3, -0.25) is 9.59 Å². The number of ether oxygens (including phenoxy) is 2. The van der Waals surface area contributed by atoms with Gasteiger partial charge in [0.1, 0.15) is 23.7 Å². The molecule has 2 aliphatic heterocycles. The topological polar surface area (TPSA) is 89.8 Å². The highest BCUT2D eigenvalue weighted by Crippen LogP contribution is 2.48. The molecule has 2 aliphatic rings. The summed E-state index contributed by atoms with van der Waals surface area (Å²) in [4.78, 5) is 28.7. The summed E-state index contributed by atoms with van der Waals surface area (Å²) in [6, 6.07) is 5.49. The van der Waals surface area contributed by atoms with Crippen LogP contribution in [0.25, 0.3) is 0 Å². The van der Waals surface area contributed by atoms with Gasteiger partial charge in [0.15, 0.2) is 0 Å². The molecule has 0 radical (unpaired) electrons. The fraction of sp³-hybridized carbons (Fsp3) is 0.524. The molecule has 0 saturated carbocycles. The highest BCUT2D eigenvalue weighted by molar-refractivity contribution is 5.80. The van der Waals surface area contributed by atoms with Crippen LogP contribution in [0, 0.1) is 5.41 Å². The van der Waals surface area contributed by atoms with Gasteiger partial charge in [-0.15, -0.1) is 10.2 Å². The van der Waals surface area contributed by atoms with Gasteiger partial charge in [0, 0.05) is 57.5 Å². The maximum absolute atomic E-state index is 12.9. The molecule has 9 nitrogen and oxygen atoms in total. The predicted molar refractivity (Wildman–Crippen MR) is 108 cm³/mol. The third kappa shape index (κ3) is 3.48. The Hall–Kier alpha value is -3.10. The van der Waals surface area contributed by atoms with E-state index in [4.69, 9.17) is 9.47 Å². The van der Waals surface area contributed by atoms with Crippen LogP contribution in [0.5, 0.6) is 11.5 Å². The zero-order chi connectivity index (χ0) is 21.5. The Morgan fingerprint density at radius 3 is 2.27 bits per heavy atom. The van der Waals surface area contributed by atoms with Crippen LogP contribution in [0.1, 0.15) is 24.2 Å². The Bertz CT molecular complexity index is 944. The Labute approximate surface area is 175 Å². The molecule has 2 saturated heterocycles. The molecule has 1 unspecified atom stereocenters. The molecule has 0 N–H and O–H groups in total. The monoisotopic (exact) mass is 413 g/mol. The van der Waals surface area contributed by atoms with Gasteiger partial charge in [0.2, 0.25) is 11.8 Å². The smallest absolute Gasteiger partial charge is 0.227 e. The lowest BCUT2D eigenvalue weighted by Gasteiger charge is -2.50. The number of aryl methyl sites for hydroxylation is 1. The largest absolute Gasteiger partial charge is 0.497 e. The summed E-state index contributed by atoms with van der Waals surface area (Å²) in [7, 11) is 5.09. The molecule has 1 atom stereocenters. The first-order valence-corrected chi connectivity index (χ1v) is 9.94. The molecule has 1 aromatic heterocycles. The van der Waals surface area contributed by atoms with Crippen molar-refractivity contribution in [1.82, 2.24) is 24.6 Å². The summed E-state index contributed by atoms with van der Waals surface area (Å²) in [6.45, 7) is 4.04. The number of hydrogen-bond donors (Lipinski definition) is 0. The Balaban J connectivity index is 1.49. The zero-order valence-corrected chi connectivity index (χ0v) is 17.8. The fourth-order valence-electron chi connectivity index (χ4n) is 4.64. The number of benzene rings is 1. The van der Waals surface area contributed by atoms with E-state index >= 15 is 0 Å². The van der Waals surface area contributed by atoms with E-state index in [0.29, 0.717) is 37.7 Å². The van der Waals surface area contributed by atoms with Gasteiger partial charge in [-0.1, -0.05) is 0 Å². The van der Waals surface area contributed by atoms with Crippen molar-refractivity contribution in [2.24, 2.45) is 12.5 Å². The van der Waals surface area contributed by atoms with Gasteiger partial charge in [0.25, 0.3) is 0 Å². The Morgan fingerprint density at radius 2 is 1.73 bits per heavy atom. The van der Waals surface area contributed by atoms with Gasteiger partial charge in [0.05, 0.1) is 20.6 Å². The molecule has 2 fully saturated rings. The van der Waals surface area contributed by atoms with Crippen molar-refractivity contribution in [1.29, 1.82) is 0 Å². The Morgan fingerprint density at radius 1 is 1.10 bits per heavy atom. The summed E-state index contributed by atoms with van der Waals surface area (Å²) in [5.74, 6) is 2.35. The van der Waals surface area contributed by atoms with Crippen molar-refractivity contribution in [2.75, 3.05) is 40.4 Å². The minimum atomic E-state index is -0.172. The van der Waals surface area contributed by atoms with Crippen LogP contribution >= 0.6 is 0 Å². The van der Waals surface area contributed by atoms with E-state index in [1.807, 2.05) is 33.5 Å². The van der Waals surface area contributed by atoms with Crippen molar-refractivity contribution in [3.63, 3.8) is 0 Å². The van der Waals surface area contributed by atoms with Gasteiger partial charge in [-0.05, 0) is 17.7 Å². The van der Waals surface area contributed by atoms with Crippen molar-refractivity contribution in [2.45, 2.75) is 19.3 Å². The summed E-state index contributed by atoms with van der Waals surface area (Å²) in [5, 5.41) is 8.30. The van der Waals surface area contributed by atoms with Gasteiger partial charge < -0.3 is 23.8 Å². The van der Waals surface area contributed by atoms with Gasteiger partial charge >= 0.3 is 0 Å². The number of carbonyl (C=O) groups excluding carboxylic acids is 2. The molecule has 4 rings (SSSR count). The van der Waals surface area contributed by atoms with Crippen molar-refractivity contribution in [3.8, 4) is 11.5 Å². The van der Waals surface area contributed by atoms with E-state index in [0.717, 1.165) is 11.4 Å². The number of methoxy groups -OCH3 is 2. The number of likely N-dealkylation sites (tertiary alicyclic amines) is 2. The average molecular weight is 413 g/mol. The number of nitrogens with zero attached hydrogens (tertiary/aromatic N) is 5. The second-order valence-corrected chi connectivity index (χ2v) is 8.26. The van der Waals surface area contributed by atoms with Crippen LogP contribution in [0.4, 0.5) is 0 Å². The van der Waals surface area contributed by atoms with Crippen molar-refractivity contribution < 1.29 is 19.1 Å². The highest BCUT2D eigenvalue weighted by atomic mass is 16.5. The molecule has 1 spiro atoms. The second kappa shape index (κ2) is 7.62. The first-order chi connectivity index (χ1) is 14.3. The molecule has 2 aromatic rings. The van der Waals surface area contributed by atoms with Gasteiger partial charge in [-0.25, -0.2) is 0 Å². The third-order valence-electron chi connectivity index (χ3n) is 6.28. The van der Waals surface area contributed by atoms with E-state index in [1.54, 1.807) is 33.5 Å². The summed E-state index contributed by atoms with van der Waals surface area (Å²) >= 11 is 0. The SMILES string of the molecule is COc1cc(CC(=O)N2CC3(CN(C(C)=O)CC3c3nncn3C)C2)cc(OC)c1. The number of aromatic nitrogens is 3. The van der Waals surface area contributed by atoms with Crippen LogP contribution < -0.4 is 9.47 Å². The number of rotatable bonds is 5. The molecular formula is C21H27N5O4. The van der Waals surface area contributed by atoms with Crippen LogP contribution in [0.15, 0.2) is 24.5 Å². The van der Waals surface area contributed by atoms with E-state index in [2.05, 4.69) is 10.2 Å². The molecular weight excluding hydrogens is 386 g/mol. The molecule has 0 bridgehead atoms. The maximum atomic E-state index is 12.9. The summed E-state index contributed by atoms with van der Waals surface area (Å²) in [6.07, 6.45) is 1.95. The quantitative estimate of drug-likeness (QED) is 0.722. The first-order valence-electron chi connectivity index (χ1n) is 9.94. The molecule has 2 amide bonds. The molecule has 30 heavy (non-hydrogen) atoms. The van der Waals surface area contributed by atoms with E-state index in [1.165, 1.54) is 0 Å². The Kier molecular flexibility index (Phi) is 5.13. The highest BCUT2D eigenvalue weighted by Gasteiger charge is 2.57. The molecule has 1 aromatic carbocycles. The number of amides is 2. The molecule has 160 valence electrons. The number of hydrogen-bond acceptors (Lipinski definition) is 6. The zero-order valence-electron chi connectivity index (χ0n) is 17.8. The van der Waals surface area contributed by atoms with E-state index in [9.17, 15) is 9.59 Å². The standard InChI is InChI=1S/C21H27N5O4/c1-14(27)25-9-18(20-23-22-13-24(20)2)21(10-25)11-26(12-21)19(28)7-15-5-16(29-3)8-17(6-15)30-4/h5-6,8,13,18H,7,9-12H2,1-4H3. The normalized spacial score (nSPS) is 19.7. The van der Waals surface area contributed by atoms with Crippen LogP contribution in [0.2, 0.25) is 0 Å². The minimum absolute atomic E-state index is 0.0484.